The van der Waals surface area contributed by atoms with Crippen molar-refractivity contribution in [1.82, 2.24) is 0 Å². The van der Waals surface area contributed by atoms with E-state index in [0.717, 1.165) is 11.8 Å². The zero-order valence-electron chi connectivity index (χ0n) is 16.5. The first-order valence-corrected chi connectivity index (χ1v) is 10.5. The Hall–Kier alpha value is -2.16. The maximum atomic E-state index is 14.5. The second-order valence-electron chi connectivity index (χ2n) is 8.11. The molecule has 1 nitrogen and oxygen atoms in total. The Labute approximate surface area is 166 Å². The molecule has 0 aromatic heterocycles. The van der Waals surface area contributed by atoms with Crippen LogP contribution in [-0.2, 0) is 0 Å². The molecule has 0 saturated heterocycles. The van der Waals surface area contributed by atoms with Gasteiger partial charge in [-0.25, -0.2) is 4.39 Å². The van der Waals surface area contributed by atoms with Crippen molar-refractivity contribution in [2.45, 2.75) is 51.4 Å². The molecule has 0 radical (unpaired) electrons. The van der Waals surface area contributed by atoms with Gasteiger partial charge < -0.3 is 4.74 Å². The minimum atomic E-state index is -0.914. The normalized spacial score (nSPS) is 22.5. The summed E-state index contributed by atoms with van der Waals surface area (Å²) < 4.78 is 33.8. The Morgan fingerprint density at radius 1 is 0.821 bits per heavy atom. The number of rotatable bonds is 5. The van der Waals surface area contributed by atoms with E-state index in [1.807, 2.05) is 12.1 Å². The molecule has 0 aliphatic heterocycles. The van der Waals surface area contributed by atoms with Crippen LogP contribution in [0.25, 0.3) is 11.1 Å². The van der Waals surface area contributed by atoms with Crippen molar-refractivity contribution in [3.8, 4) is 16.9 Å². The Morgan fingerprint density at radius 3 is 2.14 bits per heavy atom. The molecule has 2 aromatic carbocycles. The molecule has 0 unspecified atom stereocenters. The number of ether oxygens (including phenoxy) is 1. The standard InChI is InChI=1S/C25H28F2O/c1-2-28-23-16-15-22(24(26)25(23)27)21-13-11-20(12-14-21)19-9-7-18(8-10-19)17-5-3-4-6-17/h3-4,11-19H,2,5-10H2,1H3. The van der Waals surface area contributed by atoms with Crippen LogP contribution in [0.2, 0.25) is 0 Å². The summed E-state index contributed by atoms with van der Waals surface area (Å²) in [6.07, 6.45) is 12.2. The fraction of sp³-hybridized carbons (Fsp3) is 0.440. The van der Waals surface area contributed by atoms with Crippen molar-refractivity contribution in [1.29, 1.82) is 0 Å². The SMILES string of the molecule is CCOc1ccc(-c2ccc(C3CCC(C4CC=CC4)CC3)cc2)c(F)c1F. The van der Waals surface area contributed by atoms with Gasteiger partial charge in [0.05, 0.1) is 6.61 Å². The predicted octanol–water partition coefficient (Wildman–Crippen LogP) is 7.27. The quantitative estimate of drug-likeness (QED) is 0.494. The Morgan fingerprint density at radius 2 is 1.50 bits per heavy atom. The molecule has 4 rings (SSSR count). The van der Waals surface area contributed by atoms with Crippen molar-refractivity contribution >= 4 is 0 Å². The van der Waals surface area contributed by atoms with Crippen molar-refractivity contribution < 1.29 is 13.5 Å². The summed E-state index contributed by atoms with van der Waals surface area (Å²) in [5.41, 5.74) is 2.30. The summed E-state index contributed by atoms with van der Waals surface area (Å²) in [5.74, 6) is 0.524. The Kier molecular flexibility index (Phi) is 5.79. The fourth-order valence-electron chi connectivity index (χ4n) is 4.90. The molecule has 1 saturated carbocycles. The predicted molar refractivity (Wildman–Crippen MR) is 110 cm³/mol. The van der Waals surface area contributed by atoms with E-state index in [2.05, 4.69) is 24.3 Å². The Balaban J connectivity index is 1.44. The van der Waals surface area contributed by atoms with Crippen LogP contribution in [-0.4, -0.2) is 6.61 Å². The minimum absolute atomic E-state index is 0.0328. The third-order valence-electron chi connectivity index (χ3n) is 6.52. The lowest BCUT2D eigenvalue weighted by Gasteiger charge is -2.32. The lowest BCUT2D eigenvalue weighted by atomic mass is 9.73. The molecule has 1 fully saturated rings. The van der Waals surface area contributed by atoms with E-state index < -0.39 is 11.6 Å². The number of hydrogen-bond donors (Lipinski definition) is 0. The summed E-state index contributed by atoms with van der Waals surface area (Å²) >= 11 is 0. The highest BCUT2D eigenvalue weighted by Crippen LogP contribution is 2.42. The highest BCUT2D eigenvalue weighted by atomic mass is 19.2. The van der Waals surface area contributed by atoms with Gasteiger partial charge >= 0.3 is 0 Å². The van der Waals surface area contributed by atoms with Gasteiger partial charge in [0, 0.05) is 5.56 Å². The van der Waals surface area contributed by atoms with Crippen molar-refractivity contribution in [3.63, 3.8) is 0 Å². The lowest BCUT2D eigenvalue weighted by Crippen LogP contribution is -2.19. The van der Waals surface area contributed by atoms with Gasteiger partial charge in [-0.15, -0.1) is 0 Å². The second-order valence-corrected chi connectivity index (χ2v) is 8.11. The molecule has 28 heavy (non-hydrogen) atoms. The maximum absolute atomic E-state index is 14.5. The molecule has 0 atom stereocenters. The van der Waals surface area contributed by atoms with Gasteiger partial charge in [-0.2, -0.15) is 4.39 Å². The zero-order valence-corrected chi connectivity index (χ0v) is 16.5. The molecule has 2 aliphatic rings. The molecular weight excluding hydrogens is 354 g/mol. The number of allylic oxidation sites excluding steroid dienone is 2. The van der Waals surface area contributed by atoms with Crippen LogP contribution >= 0.6 is 0 Å². The number of hydrogen-bond acceptors (Lipinski definition) is 1. The highest BCUT2D eigenvalue weighted by molar-refractivity contribution is 5.65. The molecule has 2 aliphatic carbocycles. The van der Waals surface area contributed by atoms with Crippen LogP contribution in [0.15, 0.2) is 48.6 Å². The van der Waals surface area contributed by atoms with Crippen molar-refractivity contribution in [3.05, 3.63) is 65.7 Å². The van der Waals surface area contributed by atoms with E-state index in [-0.39, 0.29) is 11.3 Å². The van der Waals surface area contributed by atoms with E-state index in [1.54, 1.807) is 13.0 Å². The third-order valence-corrected chi connectivity index (χ3v) is 6.52. The first kappa shape index (κ1) is 19.2. The molecule has 0 bridgehead atoms. The summed E-state index contributed by atoms with van der Waals surface area (Å²) in [5, 5.41) is 0. The van der Waals surface area contributed by atoms with E-state index in [1.165, 1.54) is 50.2 Å². The van der Waals surface area contributed by atoms with Crippen LogP contribution in [0.4, 0.5) is 8.78 Å². The molecule has 3 heteroatoms. The fourth-order valence-corrected chi connectivity index (χ4v) is 4.90. The summed E-state index contributed by atoms with van der Waals surface area (Å²) in [6.45, 7) is 2.06. The van der Waals surface area contributed by atoms with Gasteiger partial charge in [-0.3, -0.25) is 0 Å². The van der Waals surface area contributed by atoms with Crippen LogP contribution < -0.4 is 4.74 Å². The second kappa shape index (κ2) is 8.46. The van der Waals surface area contributed by atoms with Gasteiger partial charge in [0.2, 0.25) is 5.82 Å². The molecule has 2 aromatic rings. The lowest BCUT2D eigenvalue weighted by molar-refractivity contribution is 0.240. The molecular formula is C25H28F2O. The van der Waals surface area contributed by atoms with Crippen LogP contribution in [0.3, 0.4) is 0 Å². The van der Waals surface area contributed by atoms with Gasteiger partial charge in [0.15, 0.2) is 11.6 Å². The van der Waals surface area contributed by atoms with Crippen LogP contribution in [0.5, 0.6) is 5.75 Å². The van der Waals surface area contributed by atoms with Gasteiger partial charge in [-0.05, 0) is 86.5 Å². The monoisotopic (exact) mass is 382 g/mol. The van der Waals surface area contributed by atoms with Crippen molar-refractivity contribution in [2.75, 3.05) is 6.61 Å². The molecule has 148 valence electrons. The largest absolute Gasteiger partial charge is 0.491 e. The van der Waals surface area contributed by atoms with E-state index in [9.17, 15) is 8.78 Å². The average molecular weight is 382 g/mol. The zero-order chi connectivity index (χ0) is 19.5. The smallest absolute Gasteiger partial charge is 0.201 e. The molecule has 0 heterocycles. The minimum Gasteiger partial charge on any atom is -0.491 e. The third kappa shape index (κ3) is 3.85. The Bertz CT molecular complexity index is 824. The van der Waals surface area contributed by atoms with Gasteiger partial charge in [0.1, 0.15) is 0 Å². The highest BCUT2D eigenvalue weighted by Gasteiger charge is 2.28. The number of benzene rings is 2. The maximum Gasteiger partial charge on any atom is 0.201 e. The van der Waals surface area contributed by atoms with E-state index >= 15 is 0 Å². The summed E-state index contributed by atoms with van der Waals surface area (Å²) in [7, 11) is 0. The van der Waals surface area contributed by atoms with Crippen LogP contribution in [0, 0.1) is 23.5 Å². The number of halogens is 2. The topological polar surface area (TPSA) is 9.23 Å². The molecule has 0 amide bonds. The van der Waals surface area contributed by atoms with Crippen molar-refractivity contribution in [2.24, 2.45) is 11.8 Å². The first-order valence-electron chi connectivity index (χ1n) is 10.5. The van der Waals surface area contributed by atoms with E-state index in [0.29, 0.717) is 18.1 Å². The van der Waals surface area contributed by atoms with Gasteiger partial charge in [0.25, 0.3) is 0 Å². The summed E-state index contributed by atoms with van der Waals surface area (Å²) in [4.78, 5) is 0. The summed E-state index contributed by atoms with van der Waals surface area (Å²) in [6, 6.07) is 11.1. The van der Waals surface area contributed by atoms with E-state index in [4.69, 9.17) is 4.74 Å². The molecule has 0 N–H and O–H groups in total. The average Bonchev–Trinajstić information content (AvgIpc) is 3.27. The molecule has 0 spiro atoms. The first-order chi connectivity index (χ1) is 13.7. The van der Waals surface area contributed by atoms with Crippen LogP contribution in [0.1, 0.15) is 56.9 Å². The van der Waals surface area contributed by atoms with Gasteiger partial charge in [-0.1, -0.05) is 36.4 Å².